The molecule has 2 aromatic rings. The molecular weight excluding hydrogens is 262 g/mol. The zero-order chi connectivity index (χ0) is 14.5. The van der Waals surface area contributed by atoms with Gasteiger partial charge in [0.25, 0.3) is 5.91 Å². The molecule has 0 saturated carbocycles. The number of carboxylic acids is 1. The Balaban J connectivity index is 2.23. The lowest BCUT2D eigenvalue weighted by Crippen LogP contribution is -2.14. The third-order valence-corrected chi connectivity index (χ3v) is 2.49. The lowest BCUT2D eigenvalue weighted by atomic mass is 10.2. The van der Waals surface area contributed by atoms with E-state index in [0.717, 1.165) is 0 Å². The molecule has 0 fully saturated rings. The normalized spacial score (nSPS) is 9.85. The van der Waals surface area contributed by atoms with Crippen molar-refractivity contribution in [3.8, 4) is 5.75 Å². The van der Waals surface area contributed by atoms with E-state index in [1.165, 1.54) is 44.0 Å². The van der Waals surface area contributed by atoms with Crippen molar-refractivity contribution in [2.45, 2.75) is 0 Å². The second-order valence-corrected chi connectivity index (χ2v) is 3.80. The monoisotopic (exact) mass is 273 g/mol. The van der Waals surface area contributed by atoms with Crippen molar-refractivity contribution in [1.29, 1.82) is 0 Å². The number of carbonyl (C=O) groups is 2. The fraction of sp³-hybridized carbons (Fsp3) is 0.0769. The van der Waals surface area contributed by atoms with Crippen LogP contribution in [-0.2, 0) is 0 Å². The zero-order valence-corrected chi connectivity index (χ0v) is 10.5. The van der Waals surface area contributed by atoms with E-state index in [0.29, 0.717) is 11.3 Å². The molecule has 0 atom stereocenters. The average Bonchev–Trinajstić information content (AvgIpc) is 2.47. The van der Waals surface area contributed by atoms with Gasteiger partial charge in [0, 0.05) is 12.4 Å². The van der Waals surface area contributed by atoms with Crippen molar-refractivity contribution in [2.24, 2.45) is 0 Å². The number of ether oxygens (including phenoxy) is 1. The van der Waals surface area contributed by atoms with Gasteiger partial charge in [0.15, 0.2) is 0 Å². The van der Waals surface area contributed by atoms with Gasteiger partial charge in [0.2, 0.25) is 0 Å². The van der Waals surface area contributed by atoms with E-state index in [9.17, 15) is 9.59 Å². The molecule has 102 valence electrons. The van der Waals surface area contributed by atoms with Gasteiger partial charge in [0.05, 0.1) is 36.3 Å². The molecular formula is C13H11N3O4. The number of methoxy groups -OCH3 is 1. The van der Waals surface area contributed by atoms with E-state index in [1.54, 1.807) is 0 Å². The number of hydrogen-bond donors (Lipinski definition) is 2. The molecule has 20 heavy (non-hydrogen) atoms. The number of carbonyl (C=O) groups excluding carboxylic acids is 1. The van der Waals surface area contributed by atoms with E-state index >= 15 is 0 Å². The van der Waals surface area contributed by atoms with Crippen LogP contribution < -0.4 is 10.1 Å². The Kier molecular flexibility index (Phi) is 3.90. The van der Waals surface area contributed by atoms with E-state index < -0.39 is 11.9 Å². The first kappa shape index (κ1) is 13.5. The maximum Gasteiger partial charge on any atom is 0.337 e. The summed E-state index contributed by atoms with van der Waals surface area (Å²) < 4.78 is 5.03. The molecule has 0 bridgehead atoms. The lowest BCUT2D eigenvalue weighted by Gasteiger charge is -2.08. The Morgan fingerprint density at radius 3 is 2.75 bits per heavy atom. The maximum absolute atomic E-state index is 12.1. The summed E-state index contributed by atoms with van der Waals surface area (Å²) in [6.07, 6.45) is 5.44. The van der Waals surface area contributed by atoms with Gasteiger partial charge in [-0.25, -0.2) is 4.79 Å². The summed E-state index contributed by atoms with van der Waals surface area (Å²) in [7, 11) is 1.43. The number of nitrogens with zero attached hydrogens (tertiary/aromatic N) is 2. The van der Waals surface area contributed by atoms with Crippen molar-refractivity contribution in [2.75, 3.05) is 12.4 Å². The number of nitrogens with one attached hydrogen (secondary N) is 1. The third kappa shape index (κ3) is 2.89. The molecule has 1 amide bonds. The number of hydrogen-bond acceptors (Lipinski definition) is 5. The highest BCUT2D eigenvalue weighted by molar-refractivity contribution is 6.06. The summed E-state index contributed by atoms with van der Waals surface area (Å²) in [5, 5.41) is 11.4. The fourth-order valence-corrected chi connectivity index (χ4v) is 1.55. The van der Waals surface area contributed by atoms with Crippen LogP contribution in [0, 0.1) is 0 Å². The third-order valence-electron chi connectivity index (χ3n) is 2.49. The molecule has 0 spiro atoms. The van der Waals surface area contributed by atoms with Crippen molar-refractivity contribution in [1.82, 2.24) is 9.97 Å². The van der Waals surface area contributed by atoms with Crippen molar-refractivity contribution in [3.05, 3.63) is 48.0 Å². The molecule has 0 aliphatic rings. The van der Waals surface area contributed by atoms with Crippen LogP contribution in [0.25, 0.3) is 0 Å². The minimum Gasteiger partial charge on any atom is -0.494 e. The summed E-state index contributed by atoms with van der Waals surface area (Å²) in [4.78, 5) is 30.5. The Morgan fingerprint density at radius 1 is 1.25 bits per heavy atom. The largest absolute Gasteiger partial charge is 0.494 e. The van der Waals surface area contributed by atoms with Crippen molar-refractivity contribution in [3.63, 3.8) is 0 Å². The van der Waals surface area contributed by atoms with Crippen LogP contribution in [-0.4, -0.2) is 34.1 Å². The first-order valence-electron chi connectivity index (χ1n) is 5.59. The molecule has 2 aromatic heterocycles. The number of pyridine rings is 2. The van der Waals surface area contributed by atoms with Gasteiger partial charge < -0.3 is 15.2 Å². The van der Waals surface area contributed by atoms with Gasteiger partial charge in [-0.2, -0.15) is 0 Å². The Hall–Kier alpha value is -2.96. The average molecular weight is 273 g/mol. The number of rotatable bonds is 4. The molecule has 2 rings (SSSR count). The number of aromatic carboxylic acids is 1. The van der Waals surface area contributed by atoms with Crippen LogP contribution in [0.4, 0.5) is 5.69 Å². The van der Waals surface area contributed by atoms with Crippen LogP contribution in [0.5, 0.6) is 5.75 Å². The predicted octanol–water partition coefficient (Wildman–Crippen LogP) is 1.44. The van der Waals surface area contributed by atoms with Crippen LogP contribution in [0.2, 0.25) is 0 Å². The summed E-state index contributed by atoms with van der Waals surface area (Å²) in [6, 6.07) is 2.82. The highest BCUT2D eigenvalue weighted by Gasteiger charge is 2.13. The van der Waals surface area contributed by atoms with Crippen molar-refractivity contribution >= 4 is 17.6 Å². The predicted molar refractivity (Wildman–Crippen MR) is 69.9 cm³/mol. The van der Waals surface area contributed by atoms with Gasteiger partial charge in [-0.05, 0) is 12.1 Å². The second kappa shape index (κ2) is 5.79. The second-order valence-electron chi connectivity index (χ2n) is 3.80. The fourth-order valence-electron chi connectivity index (χ4n) is 1.55. The Morgan fingerprint density at radius 2 is 2.05 bits per heavy atom. The molecule has 7 heteroatoms. The summed E-state index contributed by atoms with van der Waals surface area (Å²) >= 11 is 0. The minimum atomic E-state index is -1.12. The highest BCUT2D eigenvalue weighted by Crippen LogP contribution is 2.18. The standard InChI is InChI=1S/C13H11N3O4/c1-20-11-7-14-3-2-10(11)12(17)16-9-4-8(13(18)19)5-15-6-9/h2-7H,1H3,(H,16,17)(H,18,19). The molecule has 2 heterocycles. The number of amides is 1. The molecule has 0 radical (unpaired) electrons. The minimum absolute atomic E-state index is 0.00973. The van der Waals surface area contributed by atoms with E-state index in [4.69, 9.17) is 9.84 Å². The smallest absolute Gasteiger partial charge is 0.337 e. The summed E-state index contributed by atoms with van der Waals surface area (Å²) in [6.45, 7) is 0. The molecule has 0 aliphatic heterocycles. The van der Waals surface area contributed by atoms with E-state index in [1.807, 2.05) is 0 Å². The number of aromatic nitrogens is 2. The first-order chi connectivity index (χ1) is 9.61. The van der Waals surface area contributed by atoms with E-state index in [2.05, 4.69) is 15.3 Å². The molecule has 0 unspecified atom stereocenters. The number of carboxylic acid groups (broad SMARTS) is 1. The van der Waals surface area contributed by atoms with Crippen LogP contribution in [0.15, 0.2) is 36.9 Å². The van der Waals surface area contributed by atoms with Gasteiger partial charge in [-0.15, -0.1) is 0 Å². The van der Waals surface area contributed by atoms with Crippen LogP contribution in [0.1, 0.15) is 20.7 Å². The number of anilines is 1. The van der Waals surface area contributed by atoms with Gasteiger partial charge in [-0.1, -0.05) is 0 Å². The summed E-state index contributed by atoms with van der Waals surface area (Å²) in [5.74, 6) is -1.23. The van der Waals surface area contributed by atoms with Crippen LogP contribution in [0.3, 0.4) is 0 Å². The van der Waals surface area contributed by atoms with E-state index in [-0.39, 0.29) is 11.3 Å². The van der Waals surface area contributed by atoms with Gasteiger partial charge >= 0.3 is 5.97 Å². The molecule has 7 nitrogen and oxygen atoms in total. The lowest BCUT2D eigenvalue weighted by molar-refractivity contribution is 0.0696. The SMILES string of the molecule is COc1cnccc1C(=O)Nc1cncc(C(=O)O)c1. The topological polar surface area (TPSA) is 101 Å². The molecule has 0 saturated heterocycles. The molecule has 0 aliphatic carbocycles. The maximum atomic E-state index is 12.1. The van der Waals surface area contributed by atoms with Crippen LogP contribution >= 0.6 is 0 Å². The summed E-state index contributed by atoms with van der Waals surface area (Å²) in [5.41, 5.74) is 0.571. The first-order valence-corrected chi connectivity index (χ1v) is 5.59. The quantitative estimate of drug-likeness (QED) is 0.873. The molecule has 2 N–H and O–H groups in total. The highest BCUT2D eigenvalue weighted by atomic mass is 16.5. The van der Waals surface area contributed by atoms with Gasteiger partial charge in [-0.3, -0.25) is 14.8 Å². The van der Waals surface area contributed by atoms with Gasteiger partial charge in [0.1, 0.15) is 5.75 Å². The van der Waals surface area contributed by atoms with Crippen molar-refractivity contribution < 1.29 is 19.4 Å². The Labute approximate surface area is 114 Å². The Bertz CT molecular complexity index is 658. The molecule has 0 aromatic carbocycles. The zero-order valence-electron chi connectivity index (χ0n) is 10.5.